The van der Waals surface area contributed by atoms with Crippen LogP contribution in [0, 0.1) is 23.1 Å². The number of fused-ring (bicyclic) bond motifs is 1. The zero-order chi connectivity index (χ0) is 12.4. The number of hydrogen-bond acceptors (Lipinski definition) is 1. The molecule has 0 aliphatic heterocycles. The van der Waals surface area contributed by atoms with Crippen LogP contribution in [0.1, 0.15) is 19.4 Å². The molecule has 0 radical (unpaired) electrons. The summed E-state index contributed by atoms with van der Waals surface area (Å²) < 4.78 is 15.3. The van der Waals surface area contributed by atoms with E-state index in [-0.39, 0.29) is 5.82 Å². The molecule has 2 nitrogen and oxygen atoms in total. The molecule has 1 aromatic carbocycles. The van der Waals surface area contributed by atoms with Crippen molar-refractivity contribution in [3.63, 3.8) is 0 Å². The van der Waals surface area contributed by atoms with Gasteiger partial charge in [0.15, 0.2) is 0 Å². The summed E-state index contributed by atoms with van der Waals surface area (Å²) in [6, 6.07) is 6.90. The molecule has 1 aromatic heterocycles. The molecule has 0 aliphatic rings. The maximum atomic E-state index is 13.3. The van der Waals surface area contributed by atoms with Crippen LogP contribution in [0.25, 0.3) is 10.9 Å². The Morgan fingerprint density at radius 2 is 2.18 bits per heavy atom. The summed E-state index contributed by atoms with van der Waals surface area (Å²) in [5.41, 5.74) is 1.85. The van der Waals surface area contributed by atoms with Crippen LogP contribution in [0.5, 0.6) is 0 Å². The van der Waals surface area contributed by atoms with Crippen LogP contribution in [-0.2, 0) is 13.0 Å². The first kappa shape index (κ1) is 11.7. The van der Waals surface area contributed by atoms with Crippen LogP contribution in [-0.4, -0.2) is 4.57 Å². The van der Waals surface area contributed by atoms with Gasteiger partial charge in [0.05, 0.1) is 18.0 Å². The van der Waals surface area contributed by atoms with E-state index >= 15 is 0 Å². The topological polar surface area (TPSA) is 28.7 Å². The summed E-state index contributed by atoms with van der Waals surface area (Å²) in [5, 5.41) is 9.77. The van der Waals surface area contributed by atoms with Crippen molar-refractivity contribution in [3.8, 4) is 6.07 Å². The Morgan fingerprint density at radius 1 is 1.41 bits per heavy atom. The predicted molar refractivity (Wildman–Crippen MR) is 66.1 cm³/mol. The number of nitrogens with zero attached hydrogens (tertiary/aromatic N) is 2. The summed E-state index contributed by atoms with van der Waals surface area (Å²) in [5.74, 6) is 0.257. The van der Waals surface area contributed by atoms with Crippen molar-refractivity contribution in [2.24, 2.45) is 5.92 Å². The number of benzene rings is 1. The largest absolute Gasteiger partial charge is 0.347 e. The maximum absolute atomic E-state index is 13.3. The summed E-state index contributed by atoms with van der Waals surface area (Å²) >= 11 is 0. The van der Waals surface area contributed by atoms with E-state index in [0.717, 1.165) is 23.0 Å². The summed E-state index contributed by atoms with van der Waals surface area (Å²) in [6.07, 6.45) is 2.33. The van der Waals surface area contributed by atoms with Crippen molar-refractivity contribution in [1.82, 2.24) is 4.57 Å². The number of halogens is 1. The third-order valence-corrected chi connectivity index (χ3v) is 2.76. The molecule has 0 fully saturated rings. The van der Waals surface area contributed by atoms with E-state index in [4.69, 9.17) is 5.26 Å². The second kappa shape index (κ2) is 4.58. The minimum Gasteiger partial charge on any atom is -0.347 e. The smallest absolute Gasteiger partial charge is 0.125 e. The first-order chi connectivity index (χ1) is 8.11. The van der Waals surface area contributed by atoms with Crippen molar-refractivity contribution in [2.75, 3.05) is 0 Å². The lowest BCUT2D eigenvalue weighted by molar-refractivity contribution is 0.533. The fraction of sp³-hybridized carbons (Fsp3) is 0.357. The van der Waals surface area contributed by atoms with Crippen molar-refractivity contribution in [2.45, 2.75) is 26.8 Å². The van der Waals surface area contributed by atoms with Gasteiger partial charge in [0.25, 0.3) is 0 Å². The highest BCUT2D eigenvalue weighted by Gasteiger charge is 2.10. The second-order valence-corrected chi connectivity index (χ2v) is 4.70. The second-order valence-electron chi connectivity index (χ2n) is 4.70. The van der Waals surface area contributed by atoms with Crippen molar-refractivity contribution in [3.05, 3.63) is 35.8 Å². The van der Waals surface area contributed by atoms with Crippen LogP contribution in [0.4, 0.5) is 4.39 Å². The zero-order valence-corrected chi connectivity index (χ0v) is 10.1. The molecule has 1 heterocycles. The maximum Gasteiger partial charge on any atom is 0.125 e. The highest BCUT2D eigenvalue weighted by Crippen LogP contribution is 2.23. The quantitative estimate of drug-likeness (QED) is 0.793. The minimum absolute atomic E-state index is 0.232. The van der Waals surface area contributed by atoms with E-state index < -0.39 is 0 Å². The van der Waals surface area contributed by atoms with Gasteiger partial charge in [-0.3, -0.25) is 0 Å². The molecule has 2 aromatic rings. The summed E-state index contributed by atoms with van der Waals surface area (Å²) in [4.78, 5) is 0. The van der Waals surface area contributed by atoms with Crippen molar-refractivity contribution >= 4 is 10.9 Å². The molecule has 0 atom stereocenters. The Balaban J connectivity index is 2.59. The van der Waals surface area contributed by atoms with Crippen LogP contribution in [0.3, 0.4) is 0 Å². The molecular weight excluding hydrogens is 215 g/mol. The van der Waals surface area contributed by atoms with E-state index in [1.807, 2.05) is 10.8 Å². The molecule has 0 spiro atoms. The Bertz CT molecular complexity index is 576. The molecular formula is C14H15FN2. The molecule has 0 saturated carbocycles. The average molecular weight is 230 g/mol. The Morgan fingerprint density at radius 3 is 2.82 bits per heavy atom. The molecule has 17 heavy (non-hydrogen) atoms. The summed E-state index contributed by atoms with van der Waals surface area (Å²) in [6.45, 7) is 5.08. The Hall–Kier alpha value is -1.82. The Labute approximate surface area is 100 Å². The van der Waals surface area contributed by atoms with Gasteiger partial charge in [0.2, 0.25) is 0 Å². The molecule has 88 valence electrons. The van der Waals surface area contributed by atoms with Crippen LogP contribution in [0.15, 0.2) is 24.4 Å². The Kier molecular flexibility index (Phi) is 3.14. The SMILES string of the molecule is CC(C)Cn1cc(CC#N)c2ccc(F)cc21. The van der Waals surface area contributed by atoms with Crippen LogP contribution in [0.2, 0.25) is 0 Å². The molecule has 2 rings (SSSR count). The number of hydrogen-bond donors (Lipinski definition) is 0. The highest BCUT2D eigenvalue weighted by molar-refractivity contribution is 5.84. The minimum atomic E-state index is -0.232. The summed E-state index contributed by atoms with van der Waals surface area (Å²) in [7, 11) is 0. The van der Waals surface area contributed by atoms with Crippen LogP contribution < -0.4 is 0 Å². The van der Waals surface area contributed by atoms with E-state index in [1.165, 1.54) is 6.07 Å². The van der Waals surface area contributed by atoms with Gasteiger partial charge in [0, 0.05) is 18.1 Å². The van der Waals surface area contributed by atoms with Gasteiger partial charge < -0.3 is 4.57 Å². The number of nitriles is 1. The van der Waals surface area contributed by atoms with Crippen LogP contribution >= 0.6 is 0 Å². The molecule has 0 amide bonds. The monoisotopic (exact) mass is 230 g/mol. The van der Waals surface area contributed by atoms with Gasteiger partial charge in [-0.2, -0.15) is 5.26 Å². The van der Waals surface area contributed by atoms with Gasteiger partial charge in [0.1, 0.15) is 5.82 Å². The zero-order valence-electron chi connectivity index (χ0n) is 10.1. The highest BCUT2D eigenvalue weighted by atomic mass is 19.1. The van der Waals surface area contributed by atoms with Crippen molar-refractivity contribution < 1.29 is 4.39 Å². The van der Waals surface area contributed by atoms with Gasteiger partial charge in [-0.1, -0.05) is 13.8 Å². The van der Waals surface area contributed by atoms with E-state index in [9.17, 15) is 4.39 Å². The number of aromatic nitrogens is 1. The lowest BCUT2D eigenvalue weighted by atomic mass is 10.1. The fourth-order valence-corrected chi connectivity index (χ4v) is 2.11. The average Bonchev–Trinajstić information content (AvgIpc) is 2.56. The van der Waals surface area contributed by atoms with Gasteiger partial charge in [-0.15, -0.1) is 0 Å². The van der Waals surface area contributed by atoms with E-state index in [2.05, 4.69) is 19.9 Å². The normalized spacial score (nSPS) is 11.0. The molecule has 0 N–H and O–H groups in total. The lowest BCUT2D eigenvalue weighted by Gasteiger charge is -2.07. The standard InChI is InChI=1S/C14H15FN2/c1-10(2)8-17-9-11(5-6-16)13-4-3-12(15)7-14(13)17/h3-4,7,9-10H,5,8H2,1-2H3. The lowest BCUT2D eigenvalue weighted by Crippen LogP contribution is -2.02. The first-order valence-electron chi connectivity index (χ1n) is 5.76. The fourth-order valence-electron chi connectivity index (χ4n) is 2.11. The number of rotatable bonds is 3. The molecule has 3 heteroatoms. The molecule has 0 unspecified atom stereocenters. The van der Waals surface area contributed by atoms with E-state index in [1.54, 1.807) is 12.1 Å². The van der Waals surface area contributed by atoms with Gasteiger partial charge in [-0.25, -0.2) is 4.39 Å². The molecule has 0 aliphatic carbocycles. The molecule has 0 bridgehead atoms. The third-order valence-electron chi connectivity index (χ3n) is 2.76. The molecule has 0 saturated heterocycles. The van der Waals surface area contributed by atoms with Gasteiger partial charge >= 0.3 is 0 Å². The van der Waals surface area contributed by atoms with E-state index in [0.29, 0.717) is 12.3 Å². The third kappa shape index (κ3) is 2.31. The predicted octanol–water partition coefficient (Wildman–Crippen LogP) is 3.50. The van der Waals surface area contributed by atoms with Gasteiger partial charge in [-0.05, 0) is 29.7 Å². The first-order valence-corrected chi connectivity index (χ1v) is 5.76. The van der Waals surface area contributed by atoms with Crippen molar-refractivity contribution in [1.29, 1.82) is 5.26 Å².